The van der Waals surface area contributed by atoms with Crippen LogP contribution in [0.1, 0.15) is 58.8 Å². The maximum Gasteiger partial charge on any atom is 0.222 e. The Kier molecular flexibility index (Phi) is 6.84. The number of nitrogens with zero attached hydrogens (tertiary/aromatic N) is 1. The number of hydrogen-bond acceptors (Lipinski definition) is 2. The van der Waals surface area contributed by atoms with E-state index in [9.17, 15) is 4.79 Å². The second-order valence-corrected chi connectivity index (χ2v) is 6.87. The van der Waals surface area contributed by atoms with E-state index in [4.69, 9.17) is 0 Å². The van der Waals surface area contributed by atoms with Gasteiger partial charge in [0.15, 0.2) is 0 Å². The Morgan fingerprint density at radius 2 is 1.89 bits per heavy atom. The molecule has 1 N–H and O–H groups in total. The zero-order chi connectivity index (χ0) is 14.3. The lowest BCUT2D eigenvalue weighted by molar-refractivity contribution is -0.128. The highest BCUT2D eigenvalue weighted by Crippen LogP contribution is 2.42. The van der Waals surface area contributed by atoms with Gasteiger partial charge in [-0.1, -0.05) is 26.7 Å². The third-order valence-electron chi connectivity index (χ3n) is 4.25. The van der Waals surface area contributed by atoms with Crippen molar-refractivity contribution in [1.82, 2.24) is 10.2 Å². The Morgan fingerprint density at radius 3 is 2.42 bits per heavy atom. The van der Waals surface area contributed by atoms with Crippen LogP contribution < -0.4 is 5.32 Å². The first-order valence-electron chi connectivity index (χ1n) is 7.86. The fraction of sp³-hybridized carbons (Fsp3) is 0.938. The molecule has 0 aromatic carbocycles. The molecule has 1 amide bonds. The van der Waals surface area contributed by atoms with E-state index in [-0.39, 0.29) is 5.91 Å². The molecule has 1 aliphatic carbocycles. The first-order valence-corrected chi connectivity index (χ1v) is 7.86. The summed E-state index contributed by atoms with van der Waals surface area (Å²) in [6.07, 6.45) is 8.52. The predicted octanol–water partition coefficient (Wildman–Crippen LogP) is 3.05. The fourth-order valence-corrected chi connectivity index (χ4v) is 3.39. The first kappa shape index (κ1) is 16.5. The Bertz CT molecular complexity index is 268. The summed E-state index contributed by atoms with van der Waals surface area (Å²) in [5.41, 5.74) is 0.541. The molecule has 0 saturated heterocycles. The van der Waals surface area contributed by atoms with Gasteiger partial charge in [-0.05, 0) is 43.6 Å². The molecule has 0 aliphatic heterocycles. The number of amides is 1. The van der Waals surface area contributed by atoms with Crippen LogP contribution in [0.15, 0.2) is 0 Å². The van der Waals surface area contributed by atoms with Gasteiger partial charge in [0.2, 0.25) is 5.91 Å². The standard InChI is InChI=1S/C16H32N2O/c1-14(2)12-16(9-5-6-10-16)13-17-11-7-8-15(19)18(3)4/h14,17H,5-13H2,1-4H3. The third-order valence-corrected chi connectivity index (χ3v) is 4.25. The lowest BCUT2D eigenvalue weighted by Gasteiger charge is -2.31. The quantitative estimate of drug-likeness (QED) is 0.686. The van der Waals surface area contributed by atoms with Crippen LogP contribution in [0.5, 0.6) is 0 Å². The van der Waals surface area contributed by atoms with Crippen LogP contribution in [0.3, 0.4) is 0 Å². The molecule has 3 nitrogen and oxygen atoms in total. The smallest absolute Gasteiger partial charge is 0.222 e. The Morgan fingerprint density at radius 1 is 1.26 bits per heavy atom. The molecule has 1 aliphatic rings. The molecule has 3 heteroatoms. The van der Waals surface area contributed by atoms with Gasteiger partial charge in [-0.25, -0.2) is 0 Å². The fourth-order valence-electron chi connectivity index (χ4n) is 3.39. The van der Waals surface area contributed by atoms with Crippen molar-refractivity contribution >= 4 is 5.91 Å². The minimum atomic E-state index is 0.236. The lowest BCUT2D eigenvalue weighted by atomic mass is 9.78. The highest BCUT2D eigenvalue weighted by atomic mass is 16.2. The molecule has 1 rings (SSSR count). The summed E-state index contributed by atoms with van der Waals surface area (Å²) < 4.78 is 0. The zero-order valence-corrected chi connectivity index (χ0v) is 13.3. The topological polar surface area (TPSA) is 32.3 Å². The maximum atomic E-state index is 11.5. The average Bonchev–Trinajstić information content (AvgIpc) is 2.76. The number of carbonyl (C=O) groups excluding carboxylic acids is 1. The molecule has 0 heterocycles. The Labute approximate surface area is 119 Å². The molecule has 112 valence electrons. The van der Waals surface area contributed by atoms with E-state index in [0.717, 1.165) is 25.4 Å². The molecule has 19 heavy (non-hydrogen) atoms. The second-order valence-electron chi connectivity index (χ2n) is 6.87. The van der Waals surface area contributed by atoms with Crippen LogP contribution in [0.2, 0.25) is 0 Å². The van der Waals surface area contributed by atoms with Crippen molar-refractivity contribution in [2.24, 2.45) is 11.3 Å². The highest BCUT2D eigenvalue weighted by molar-refractivity contribution is 5.75. The van der Waals surface area contributed by atoms with Crippen molar-refractivity contribution in [2.45, 2.75) is 58.8 Å². The van der Waals surface area contributed by atoms with E-state index in [2.05, 4.69) is 19.2 Å². The molecule has 1 saturated carbocycles. The summed E-state index contributed by atoms with van der Waals surface area (Å²) in [6, 6.07) is 0. The number of hydrogen-bond donors (Lipinski definition) is 1. The SMILES string of the molecule is CC(C)CC1(CNCCCC(=O)N(C)C)CCCC1. The van der Waals surface area contributed by atoms with Gasteiger partial charge in [-0.3, -0.25) is 4.79 Å². The van der Waals surface area contributed by atoms with Crippen LogP contribution in [0.4, 0.5) is 0 Å². The summed E-state index contributed by atoms with van der Waals surface area (Å²) in [4.78, 5) is 13.1. The molecule has 0 atom stereocenters. The summed E-state index contributed by atoms with van der Waals surface area (Å²) in [6.45, 7) is 6.77. The van der Waals surface area contributed by atoms with Gasteiger partial charge < -0.3 is 10.2 Å². The first-order chi connectivity index (χ1) is 8.95. The van der Waals surface area contributed by atoms with E-state index in [1.165, 1.54) is 32.1 Å². The largest absolute Gasteiger partial charge is 0.349 e. The van der Waals surface area contributed by atoms with Crippen molar-refractivity contribution < 1.29 is 4.79 Å². The van der Waals surface area contributed by atoms with Gasteiger partial charge in [0.1, 0.15) is 0 Å². The van der Waals surface area contributed by atoms with Crippen molar-refractivity contribution in [3.8, 4) is 0 Å². The molecule has 0 aromatic heterocycles. The summed E-state index contributed by atoms with van der Waals surface area (Å²) in [7, 11) is 3.65. The van der Waals surface area contributed by atoms with Crippen LogP contribution in [-0.2, 0) is 4.79 Å². The molecular weight excluding hydrogens is 236 g/mol. The molecule has 0 radical (unpaired) electrons. The van der Waals surface area contributed by atoms with Crippen molar-refractivity contribution in [3.05, 3.63) is 0 Å². The van der Waals surface area contributed by atoms with Gasteiger partial charge in [0.25, 0.3) is 0 Å². The monoisotopic (exact) mass is 268 g/mol. The summed E-state index contributed by atoms with van der Waals surface area (Å²) in [5, 5.41) is 3.60. The Hall–Kier alpha value is -0.570. The van der Waals surface area contributed by atoms with E-state index in [0.29, 0.717) is 11.8 Å². The van der Waals surface area contributed by atoms with Crippen molar-refractivity contribution in [1.29, 1.82) is 0 Å². The van der Waals surface area contributed by atoms with E-state index >= 15 is 0 Å². The van der Waals surface area contributed by atoms with E-state index in [1.54, 1.807) is 4.90 Å². The molecule has 0 unspecified atom stereocenters. The highest BCUT2D eigenvalue weighted by Gasteiger charge is 2.33. The Balaban J connectivity index is 2.20. The molecular formula is C16H32N2O. The summed E-state index contributed by atoms with van der Waals surface area (Å²) in [5.74, 6) is 1.02. The predicted molar refractivity (Wildman–Crippen MR) is 81.2 cm³/mol. The van der Waals surface area contributed by atoms with Gasteiger partial charge in [-0.2, -0.15) is 0 Å². The molecule has 1 fully saturated rings. The zero-order valence-electron chi connectivity index (χ0n) is 13.3. The van der Waals surface area contributed by atoms with Gasteiger partial charge >= 0.3 is 0 Å². The molecule has 0 spiro atoms. The van der Waals surface area contributed by atoms with Crippen LogP contribution in [0.25, 0.3) is 0 Å². The molecule has 0 aromatic rings. The lowest BCUT2D eigenvalue weighted by Crippen LogP contribution is -2.34. The summed E-state index contributed by atoms with van der Waals surface area (Å²) >= 11 is 0. The van der Waals surface area contributed by atoms with Crippen LogP contribution in [-0.4, -0.2) is 38.0 Å². The van der Waals surface area contributed by atoms with Crippen LogP contribution >= 0.6 is 0 Å². The van der Waals surface area contributed by atoms with Gasteiger partial charge in [0.05, 0.1) is 0 Å². The van der Waals surface area contributed by atoms with E-state index < -0.39 is 0 Å². The number of nitrogens with one attached hydrogen (secondary N) is 1. The van der Waals surface area contributed by atoms with Crippen molar-refractivity contribution in [2.75, 3.05) is 27.2 Å². The maximum absolute atomic E-state index is 11.5. The number of rotatable bonds is 8. The van der Waals surface area contributed by atoms with Gasteiger partial charge in [0, 0.05) is 27.1 Å². The van der Waals surface area contributed by atoms with Crippen molar-refractivity contribution in [3.63, 3.8) is 0 Å². The average molecular weight is 268 g/mol. The van der Waals surface area contributed by atoms with E-state index in [1.807, 2.05) is 14.1 Å². The molecule has 0 bridgehead atoms. The minimum Gasteiger partial charge on any atom is -0.349 e. The van der Waals surface area contributed by atoms with Gasteiger partial charge in [-0.15, -0.1) is 0 Å². The normalized spacial score (nSPS) is 17.9. The minimum absolute atomic E-state index is 0.236. The second kappa shape index (κ2) is 7.88. The van der Waals surface area contributed by atoms with Crippen LogP contribution in [0, 0.1) is 11.3 Å². The number of carbonyl (C=O) groups is 1. The third kappa shape index (κ3) is 5.94.